The molecule has 0 aliphatic carbocycles. The number of carbonyl (C=O) groups is 1. The van der Waals surface area contributed by atoms with Gasteiger partial charge in [0.05, 0.1) is 12.7 Å². The zero-order chi connectivity index (χ0) is 14.0. The van der Waals surface area contributed by atoms with Crippen LogP contribution in [-0.4, -0.2) is 42.4 Å². The monoisotopic (exact) mass is 267 g/mol. The molecule has 0 aromatic rings. The van der Waals surface area contributed by atoms with Gasteiger partial charge in [-0.1, -0.05) is 13.0 Å². The van der Waals surface area contributed by atoms with Crippen LogP contribution in [0, 0.1) is 11.8 Å². The summed E-state index contributed by atoms with van der Waals surface area (Å²) in [6.45, 7) is 12.0. The lowest BCUT2D eigenvalue weighted by Crippen LogP contribution is -2.40. The molecular formula is C15H25NO3. The lowest BCUT2D eigenvalue weighted by molar-refractivity contribution is -0.150. The molecule has 0 spiro atoms. The van der Waals surface area contributed by atoms with Crippen LogP contribution >= 0.6 is 0 Å². The van der Waals surface area contributed by atoms with Gasteiger partial charge in [0.1, 0.15) is 0 Å². The van der Waals surface area contributed by atoms with Crippen LogP contribution in [0.5, 0.6) is 0 Å². The minimum Gasteiger partial charge on any atom is -0.348 e. The van der Waals surface area contributed by atoms with E-state index < -0.39 is 5.79 Å². The molecule has 2 heterocycles. The fourth-order valence-electron chi connectivity index (χ4n) is 2.97. The quantitative estimate of drug-likeness (QED) is 0.733. The standard InChI is InChI=1S/C15H25NO3/c1-5-12(13-10-18-15(3,4)19-13)11(2)14(17)16-8-6-7-9-16/h5,11-13H,1,6-10H2,2-4H3/t11-,12+,13-/m1/s1. The molecule has 4 heteroatoms. The highest BCUT2D eigenvalue weighted by molar-refractivity contribution is 5.79. The molecule has 2 aliphatic rings. The highest BCUT2D eigenvalue weighted by Crippen LogP contribution is 2.32. The van der Waals surface area contributed by atoms with Gasteiger partial charge in [-0.2, -0.15) is 0 Å². The summed E-state index contributed by atoms with van der Waals surface area (Å²) in [5.41, 5.74) is 0. The van der Waals surface area contributed by atoms with Gasteiger partial charge in [-0.25, -0.2) is 0 Å². The van der Waals surface area contributed by atoms with Gasteiger partial charge in [-0.05, 0) is 26.7 Å². The van der Waals surface area contributed by atoms with Crippen LogP contribution < -0.4 is 0 Å². The van der Waals surface area contributed by atoms with E-state index in [1.54, 1.807) is 0 Å². The van der Waals surface area contributed by atoms with Gasteiger partial charge in [0.2, 0.25) is 5.91 Å². The van der Waals surface area contributed by atoms with Crippen molar-refractivity contribution >= 4 is 5.91 Å². The van der Waals surface area contributed by atoms with Gasteiger partial charge < -0.3 is 14.4 Å². The van der Waals surface area contributed by atoms with E-state index in [1.165, 1.54) is 0 Å². The van der Waals surface area contributed by atoms with Gasteiger partial charge in [-0.3, -0.25) is 4.79 Å². The molecule has 2 aliphatic heterocycles. The molecular weight excluding hydrogens is 242 g/mol. The van der Waals surface area contributed by atoms with E-state index in [4.69, 9.17) is 9.47 Å². The summed E-state index contributed by atoms with van der Waals surface area (Å²) in [4.78, 5) is 14.4. The lowest BCUT2D eigenvalue weighted by Gasteiger charge is -2.29. The second-order valence-corrected chi connectivity index (χ2v) is 6.00. The molecule has 3 atom stereocenters. The highest BCUT2D eigenvalue weighted by atomic mass is 16.7. The zero-order valence-electron chi connectivity index (χ0n) is 12.2. The van der Waals surface area contributed by atoms with Gasteiger partial charge in [0.25, 0.3) is 0 Å². The molecule has 0 N–H and O–H groups in total. The van der Waals surface area contributed by atoms with E-state index in [9.17, 15) is 4.79 Å². The first-order chi connectivity index (χ1) is 8.94. The number of hydrogen-bond acceptors (Lipinski definition) is 3. The first kappa shape index (κ1) is 14.5. The van der Waals surface area contributed by atoms with E-state index in [2.05, 4.69) is 6.58 Å². The molecule has 19 heavy (non-hydrogen) atoms. The van der Waals surface area contributed by atoms with Crippen molar-refractivity contribution in [2.75, 3.05) is 19.7 Å². The van der Waals surface area contributed by atoms with Gasteiger partial charge in [-0.15, -0.1) is 6.58 Å². The normalized spacial score (nSPS) is 29.2. The smallest absolute Gasteiger partial charge is 0.226 e. The fourth-order valence-corrected chi connectivity index (χ4v) is 2.97. The van der Waals surface area contributed by atoms with Crippen LogP contribution in [-0.2, 0) is 14.3 Å². The third kappa shape index (κ3) is 3.18. The first-order valence-electron chi connectivity index (χ1n) is 7.18. The lowest BCUT2D eigenvalue weighted by atomic mass is 9.88. The Balaban J connectivity index is 2.00. The molecule has 0 aromatic heterocycles. The molecule has 0 radical (unpaired) electrons. The van der Waals surface area contributed by atoms with E-state index in [0.29, 0.717) is 6.61 Å². The maximum absolute atomic E-state index is 12.4. The number of hydrogen-bond donors (Lipinski definition) is 0. The summed E-state index contributed by atoms with van der Waals surface area (Å²) < 4.78 is 11.5. The van der Waals surface area contributed by atoms with Crippen LogP contribution in [0.2, 0.25) is 0 Å². The Bertz CT molecular complexity index is 347. The average molecular weight is 267 g/mol. The Labute approximate surface area is 115 Å². The summed E-state index contributed by atoms with van der Waals surface area (Å²) in [6.07, 6.45) is 4.00. The molecule has 4 nitrogen and oxygen atoms in total. The van der Waals surface area contributed by atoms with Crippen LogP contribution in [0.3, 0.4) is 0 Å². The predicted molar refractivity (Wildman–Crippen MR) is 73.6 cm³/mol. The van der Waals surface area contributed by atoms with Gasteiger partial charge in [0, 0.05) is 24.9 Å². The molecule has 108 valence electrons. The molecule has 0 aromatic carbocycles. The molecule has 0 unspecified atom stereocenters. The summed E-state index contributed by atoms with van der Waals surface area (Å²) in [7, 11) is 0. The Morgan fingerprint density at radius 2 is 2.05 bits per heavy atom. The predicted octanol–water partition coefficient (Wildman–Crippen LogP) is 2.20. The molecule has 0 saturated carbocycles. The average Bonchev–Trinajstić information content (AvgIpc) is 2.98. The van der Waals surface area contributed by atoms with E-state index in [-0.39, 0.29) is 23.8 Å². The van der Waals surface area contributed by atoms with Crippen molar-refractivity contribution in [2.45, 2.75) is 45.5 Å². The third-order valence-electron chi connectivity index (χ3n) is 4.12. The zero-order valence-corrected chi connectivity index (χ0v) is 12.2. The van der Waals surface area contributed by atoms with E-state index in [1.807, 2.05) is 31.7 Å². The maximum Gasteiger partial charge on any atom is 0.226 e. The van der Waals surface area contributed by atoms with Crippen LogP contribution in [0.1, 0.15) is 33.6 Å². The fraction of sp³-hybridized carbons (Fsp3) is 0.800. The van der Waals surface area contributed by atoms with Crippen molar-refractivity contribution < 1.29 is 14.3 Å². The van der Waals surface area contributed by atoms with Crippen LogP contribution in [0.15, 0.2) is 12.7 Å². The Morgan fingerprint density at radius 3 is 2.53 bits per heavy atom. The SMILES string of the molecule is C=C[C@H]([C@H]1COC(C)(C)O1)[C@@H](C)C(=O)N1CCCC1. The molecule has 2 rings (SSSR count). The van der Waals surface area contributed by atoms with E-state index >= 15 is 0 Å². The third-order valence-corrected chi connectivity index (χ3v) is 4.12. The summed E-state index contributed by atoms with van der Waals surface area (Å²) in [5, 5.41) is 0. The van der Waals surface area contributed by atoms with Crippen molar-refractivity contribution in [3.63, 3.8) is 0 Å². The van der Waals surface area contributed by atoms with Crippen molar-refractivity contribution in [3.05, 3.63) is 12.7 Å². The number of likely N-dealkylation sites (tertiary alicyclic amines) is 1. The minimum absolute atomic E-state index is 0.00914. The second-order valence-electron chi connectivity index (χ2n) is 6.00. The Kier molecular flexibility index (Phi) is 4.31. The van der Waals surface area contributed by atoms with Gasteiger partial charge >= 0.3 is 0 Å². The molecule has 0 bridgehead atoms. The highest BCUT2D eigenvalue weighted by Gasteiger charge is 2.40. The molecule has 2 fully saturated rings. The number of rotatable bonds is 4. The molecule has 1 amide bonds. The van der Waals surface area contributed by atoms with Crippen LogP contribution in [0.4, 0.5) is 0 Å². The number of ether oxygens (including phenoxy) is 2. The number of carbonyl (C=O) groups excluding carboxylic acids is 1. The maximum atomic E-state index is 12.4. The number of nitrogens with zero attached hydrogens (tertiary/aromatic N) is 1. The molecule has 2 saturated heterocycles. The van der Waals surface area contributed by atoms with Crippen molar-refractivity contribution in [1.29, 1.82) is 0 Å². The topological polar surface area (TPSA) is 38.8 Å². The van der Waals surface area contributed by atoms with Crippen molar-refractivity contribution in [1.82, 2.24) is 4.90 Å². The first-order valence-corrected chi connectivity index (χ1v) is 7.18. The minimum atomic E-state index is -0.553. The summed E-state index contributed by atoms with van der Waals surface area (Å²) >= 11 is 0. The Morgan fingerprint density at radius 1 is 1.42 bits per heavy atom. The van der Waals surface area contributed by atoms with Crippen LogP contribution in [0.25, 0.3) is 0 Å². The van der Waals surface area contributed by atoms with Gasteiger partial charge in [0.15, 0.2) is 5.79 Å². The van der Waals surface area contributed by atoms with Crippen molar-refractivity contribution in [3.8, 4) is 0 Å². The Hall–Kier alpha value is -0.870. The van der Waals surface area contributed by atoms with E-state index in [0.717, 1.165) is 25.9 Å². The van der Waals surface area contributed by atoms with Crippen molar-refractivity contribution in [2.24, 2.45) is 11.8 Å². The largest absolute Gasteiger partial charge is 0.348 e. The summed E-state index contributed by atoms with van der Waals surface area (Å²) in [6, 6.07) is 0. The number of amides is 1. The second kappa shape index (κ2) is 5.63. The summed E-state index contributed by atoms with van der Waals surface area (Å²) in [5.74, 6) is -0.425.